The van der Waals surface area contributed by atoms with Crippen molar-refractivity contribution in [2.24, 2.45) is 0 Å². The molecule has 0 saturated heterocycles. The molecule has 0 bridgehead atoms. The summed E-state index contributed by atoms with van der Waals surface area (Å²) >= 11 is 12.3. The van der Waals surface area contributed by atoms with E-state index >= 15 is 0 Å². The fraction of sp³-hybridized carbons (Fsp3) is 0.130. The first-order valence-electron chi connectivity index (χ1n) is 9.24. The number of rotatable bonds is 6. The molecule has 0 fully saturated rings. The van der Waals surface area contributed by atoms with Crippen LogP contribution in [0.4, 0.5) is 5.69 Å². The lowest BCUT2D eigenvalue weighted by atomic mass is 9.91. The maximum atomic E-state index is 12.4. The summed E-state index contributed by atoms with van der Waals surface area (Å²) in [5.41, 5.74) is 2.35. The second kappa shape index (κ2) is 9.52. The van der Waals surface area contributed by atoms with E-state index in [1.807, 2.05) is 0 Å². The Bertz CT molecular complexity index is 1250. The number of amides is 1. The van der Waals surface area contributed by atoms with E-state index in [4.69, 9.17) is 23.2 Å². The largest absolute Gasteiger partial charge is 0.325 e. The molecule has 31 heavy (non-hydrogen) atoms. The summed E-state index contributed by atoms with van der Waals surface area (Å²) in [7, 11) is -3.77. The van der Waals surface area contributed by atoms with Gasteiger partial charge in [-0.2, -0.15) is 5.26 Å². The van der Waals surface area contributed by atoms with Gasteiger partial charge in [0.25, 0.3) is 0 Å². The molecule has 0 saturated carbocycles. The van der Waals surface area contributed by atoms with Crippen molar-refractivity contribution < 1.29 is 13.2 Å². The predicted octanol–water partition coefficient (Wildman–Crippen LogP) is 5.37. The van der Waals surface area contributed by atoms with Crippen LogP contribution < -0.4 is 5.32 Å². The normalized spacial score (nSPS) is 12.1. The van der Waals surface area contributed by atoms with E-state index in [1.54, 1.807) is 55.5 Å². The molecule has 0 radical (unpaired) electrons. The Morgan fingerprint density at radius 1 is 1.06 bits per heavy atom. The van der Waals surface area contributed by atoms with Crippen molar-refractivity contribution in [3.05, 3.63) is 93.5 Å². The summed E-state index contributed by atoms with van der Waals surface area (Å²) in [5.74, 6) is -1.99. The number of nitrogens with one attached hydrogen (secondary N) is 1. The minimum absolute atomic E-state index is 0.0788. The minimum Gasteiger partial charge on any atom is -0.325 e. The highest BCUT2D eigenvalue weighted by atomic mass is 35.5. The Morgan fingerprint density at radius 3 is 2.32 bits per heavy atom. The molecule has 8 heteroatoms. The van der Waals surface area contributed by atoms with Crippen molar-refractivity contribution in [2.75, 3.05) is 11.1 Å². The molecule has 0 spiro atoms. The molecule has 3 rings (SSSR count). The number of halogens is 2. The maximum Gasteiger partial charge on any atom is 0.239 e. The van der Waals surface area contributed by atoms with Gasteiger partial charge in [0, 0.05) is 15.7 Å². The van der Waals surface area contributed by atoms with Gasteiger partial charge in [0.1, 0.15) is 5.75 Å². The van der Waals surface area contributed by atoms with E-state index < -0.39 is 27.4 Å². The second-order valence-electron chi connectivity index (χ2n) is 6.92. The quantitative estimate of drug-likeness (QED) is 0.522. The topological polar surface area (TPSA) is 87.0 Å². The SMILES string of the molecule is Cc1cc([C@@H](C#N)c2ccc(Cl)cc2)c(Cl)cc1NC(=O)CS(=O)(=O)c1ccccc1. The van der Waals surface area contributed by atoms with Crippen molar-refractivity contribution in [1.29, 1.82) is 5.26 Å². The van der Waals surface area contributed by atoms with Crippen LogP contribution in [0.25, 0.3) is 0 Å². The standard InChI is InChI=1S/C23H18Cl2N2O3S/c1-15-11-19(20(13-26)16-7-9-17(24)10-8-16)21(25)12-22(15)27-23(28)14-31(29,30)18-5-3-2-4-6-18/h2-12,20H,14H2,1H3,(H,27,28)/t20-/m0/s1. The van der Waals surface area contributed by atoms with Gasteiger partial charge in [-0.3, -0.25) is 4.79 Å². The Balaban J connectivity index is 1.82. The van der Waals surface area contributed by atoms with E-state index in [9.17, 15) is 18.5 Å². The summed E-state index contributed by atoms with van der Waals surface area (Å²) in [6.07, 6.45) is 0. The number of aryl methyl sites for hydroxylation is 1. The van der Waals surface area contributed by atoms with Crippen LogP contribution in [0, 0.1) is 18.3 Å². The van der Waals surface area contributed by atoms with Crippen LogP contribution in [0.2, 0.25) is 10.0 Å². The third-order valence-electron chi connectivity index (χ3n) is 4.68. The number of carbonyl (C=O) groups is 1. The molecular weight excluding hydrogens is 455 g/mol. The van der Waals surface area contributed by atoms with Crippen molar-refractivity contribution in [2.45, 2.75) is 17.7 Å². The zero-order valence-corrected chi connectivity index (χ0v) is 18.8. The zero-order chi connectivity index (χ0) is 22.6. The molecule has 3 aromatic carbocycles. The summed E-state index contributed by atoms with van der Waals surface area (Å²) < 4.78 is 24.8. The number of nitrogens with zero attached hydrogens (tertiary/aromatic N) is 1. The molecule has 5 nitrogen and oxygen atoms in total. The van der Waals surface area contributed by atoms with Crippen LogP contribution in [0.15, 0.2) is 71.6 Å². The number of carbonyl (C=O) groups excluding carboxylic acids is 1. The van der Waals surface area contributed by atoms with Gasteiger partial charge in [-0.1, -0.05) is 59.6 Å². The highest BCUT2D eigenvalue weighted by molar-refractivity contribution is 7.92. The summed E-state index contributed by atoms with van der Waals surface area (Å²) in [6, 6.07) is 20.2. The van der Waals surface area contributed by atoms with E-state index in [2.05, 4.69) is 11.4 Å². The van der Waals surface area contributed by atoms with E-state index in [0.29, 0.717) is 21.8 Å². The van der Waals surface area contributed by atoms with E-state index in [-0.39, 0.29) is 9.92 Å². The molecule has 0 unspecified atom stereocenters. The molecule has 1 N–H and O–H groups in total. The van der Waals surface area contributed by atoms with E-state index in [0.717, 1.165) is 5.56 Å². The van der Waals surface area contributed by atoms with Gasteiger partial charge in [0.05, 0.1) is 16.9 Å². The molecule has 158 valence electrons. The Kier molecular flexibility index (Phi) is 7.01. The average Bonchev–Trinajstić information content (AvgIpc) is 2.73. The maximum absolute atomic E-state index is 12.4. The average molecular weight is 473 g/mol. The molecule has 0 heterocycles. The molecule has 3 aromatic rings. The number of benzene rings is 3. The molecule has 0 aliphatic heterocycles. The second-order valence-corrected chi connectivity index (χ2v) is 9.76. The van der Waals surface area contributed by atoms with Crippen LogP contribution in [0.5, 0.6) is 0 Å². The number of hydrogen-bond acceptors (Lipinski definition) is 4. The zero-order valence-electron chi connectivity index (χ0n) is 16.5. The van der Waals surface area contributed by atoms with Crippen molar-refractivity contribution in [3.8, 4) is 6.07 Å². The van der Waals surface area contributed by atoms with Crippen molar-refractivity contribution in [1.82, 2.24) is 0 Å². The van der Waals surface area contributed by atoms with Crippen molar-refractivity contribution >= 4 is 44.6 Å². The van der Waals surface area contributed by atoms with Gasteiger partial charge < -0.3 is 5.32 Å². The lowest BCUT2D eigenvalue weighted by molar-refractivity contribution is -0.113. The van der Waals surface area contributed by atoms with Crippen LogP contribution >= 0.6 is 23.2 Å². The van der Waals surface area contributed by atoms with Gasteiger partial charge in [-0.15, -0.1) is 0 Å². The van der Waals surface area contributed by atoms with Crippen LogP contribution in [0.3, 0.4) is 0 Å². The molecular formula is C23H18Cl2N2O3S. The van der Waals surface area contributed by atoms with Crippen molar-refractivity contribution in [3.63, 3.8) is 0 Å². The lowest BCUT2D eigenvalue weighted by Gasteiger charge is -2.16. The summed E-state index contributed by atoms with van der Waals surface area (Å²) in [4.78, 5) is 12.5. The fourth-order valence-corrected chi connectivity index (χ4v) is 4.66. The Labute approximate surface area is 191 Å². The third-order valence-corrected chi connectivity index (χ3v) is 6.90. The fourth-order valence-electron chi connectivity index (χ4n) is 3.11. The molecule has 0 aliphatic carbocycles. The lowest BCUT2D eigenvalue weighted by Crippen LogP contribution is -2.23. The first kappa shape index (κ1) is 22.8. The smallest absolute Gasteiger partial charge is 0.239 e. The first-order valence-corrected chi connectivity index (χ1v) is 11.6. The third kappa shape index (κ3) is 5.45. The molecule has 1 amide bonds. The first-order chi connectivity index (χ1) is 14.7. The number of anilines is 1. The summed E-state index contributed by atoms with van der Waals surface area (Å²) in [6.45, 7) is 1.75. The highest BCUT2D eigenvalue weighted by Gasteiger charge is 2.22. The Hall–Kier alpha value is -2.85. The van der Waals surface area contributed by atoms with Crippen LogP contribution in [-0.2, 0) is 14.6 Å². The molecule has 0 aromatic heterocycles. The predicted molar refractivity (Wildman–Crippen MR) is 122 cm³/mol. The molecule has 1 atom stereocenters. The number of hydrogen-bond donors (Lipinski definition) is 1. The van der Waals surface area contributed by atoms with E-state index in [1.165, 1.54) is 18.2 Å². The van der Waals surface area contributed by atoms with Gasteiger partial charge in [0.2, 0.25) is 5.91 Å². The van der Waals surface area contributed by atoms with Gasteiger partial charge in [0.15, 0.2) is 9.84 Å². The number of sulfone groups is 1. The van der Waals surface area contributed by atoms with Crippen LogP contribution in [-0.4, -0.2) is 20.1 Å². The summed E-state index contributed by atoms with van der Waals surface area (Å²) in [5, 5.41) is 13.1. The highest BCUT2D eigenvalue weighted by Crippen LogP contribution is 2.34. The van der Waals surface area contributed by atoms with Gasteiger partial charge >= 0.3 is 0 Å². The minimum atomic E-state index is -3.77. The molecule has 0 aliphatic rings. The number of nitriles is 1. The van der Waals surface area contributed by atoms with Crippen LogP contribution in [0.1, 0.15) is 22.6 Å². The Morgan fingerprint density at radius 2 is 1.71 bits per heavy atom. The van der Waals surface area contributed by atoms with Gasteiger partial charge in [-0.25, -0.2) is 8.42 Å². The van der Waals surface area contributed by atoms with Gasteiger partial charge in [-0.05, 0) is 53.9 Å². The monoisotopic (exact) mass is 472 g/mol.